The number of halogens is 1. The van der Waals surface area contributed by atoms with E-state index in [-0.39, 0.29) is 11.8 Å². The van der Waals surface area contributed by atoms with Crippen molar-refractivity contribution in [2.24, 2.45) is 5.92 Å². The summed E-state index contributed by atoms with van der Waals surface area (Å²) in [4.78, 5) is 12.4. The van der Waals surface area contributed by atoms with Crippen molar-refractivity contribution in [1.29, 1.82) is 0 Å². The molecule has 0 saturated heterocycles. The molecule has 3 nitrogen and oxygen atoms in total. The molecule has 0 saturated carbocycles. The van der Waals surface area contributed by atoms with Crippen molar-refractivity contribution < 1.29 is 9.53 Å². The Hall–Kier alpha value is -1.81. The maximum absolute atomic E-state index is 12.4. The number of ether oxygens (including phenoxy) is 1. The third-order valence-corrected chi connectivity index (χ3v) is 4.27. The van der Waals surface area contributed by atoms with E-state index in [2.05, 4.69) is 21.2 Å². The number of anilines is 1. The van der Waals surface area contributed by atoms with Crippen LogP contribution in [0, 0.1) is 5.92 Å². The predicted octanol–water partition coefficient (Wildman–Crippen LogP) is 3.77. The van der Waals surface area contributed by atoms with Gasteiger partial charge < -0.3 is 10.1 Å². The molecule has 0 bridgehead atoms. The van der Waals surface area contributed by atoms with Crippen molar-refractivity contribution in [3.63, 3.8) is 0 Å². The van der Waals surface area contributed by atoms with Crippen LogP contribution in [-0.2, 0) is 16.5 Å². The molecule has 2 aromatic carbocycles. The van der Waals surface area contributed by atoms with Gasteiger partial charge in [-0.15, -0.1) is 0 Å². The zero-order chi connectivity index (χ0) is 14.7. The standard InChI is InChI=1S/C17H16BrNO2/c18-10-13-6-1-3-7-15(13)19-17(20)14-9-12-5-2-4-8-16(12)21-11-14/h1-8,14H,9-11H2,(H,19,20). The van der Waals surface area contributed by atoms with Gasteiger partial charge in [0.15, 0.2) is 0 Å². The molecule has 1 aliphatic heterocycles. The molecule has 1 aliphatic rings. The number of alkyl halides is 1. The van der Waals surface area contributed by atoms with Gasteiger partial charge in [0.2, 0.25) is 5.91 Å². The number of hydrogen-bond acceptors (Lipinski definition) is 2. The zero-order valence-electron chi connectivity index (χ0n) is 11.5. The normalized spacial score (nSPS) is 16.7. The van der Waals surface area contributed by atoms with Crippen LogP contribution < -0.4 is 10.1 Å². The van der Waals surface area contributed by atoms with Crippen LogP contribution in [0.5, 0.6) is 5.75 Å². The Kier molecular flexibility index (Phi) is 4.25. The van der Waals surface area contributed by atoms with E-state index in [1.165, 1.54) is 0 Å². The summed E-state index contributed by atoms with van der Waals surface area (Å²) < 4.78 is 5.68. The summed E-state index contributed by atoms with van der Waals surface area (Å²) in [5.41, 5.74) is 3.03. The summed E-state index contributed by atoms with van der Waals surface area (Å²) in [7, 11) is 0. The van der Waals surface area contributed by atoms with Crippen LogP contribution in [0.15, 0.2) is 48.5 Å². The lowest BCUT2D eigenvalue weighted by Gasteiger charge is -2.24. The van der Waals surface area contributed by atoms with Gasteiger partial charge in [-0.1, -0.05) is 52.3 Å². The smallest absolute Gasteiger partial charge is 0.231 e. The first-order valence-corrected chi connectivity index (χ1v) is 8.05. The number of hydrogen-bond donors (Lipinski definition) is 1. The number of benzene rings is 2. The van der Waals surface area contributed by atoms with E-state index >= 15 is 0 Å². The maximum atomic E-state index is 12.4. The Morgan fingerprint density at radius 3 is 2.81 bits per heavy atom. The largest absolute Gasteiger partial charge is 0.492 e. The van der Waals surface area contributed by atoms with E-state index in [0.29, 0.717) is 11.9 Å². The van der Waals surface area contributed by atoms with Crippen LogP contribution >= 0.6 is 15.9 Å². The average Bonchev–Trinajstić information content (AvgIpc) is 2.55. The number of carbonyl (C=O) groups is 1. The molecule has 3 rings (SSSR count). The summed E-state index contributed by atoms with van der Waals surface area (Å²) >= 11 is 3.44. The molecule has 2 aromatic rings. The fraction of sp³-hybridized carbons (Fsp3) is 0.235. The Morgan fingerprint density at radius 2 is 1.95 bits per heavy atom. The third kappa shape index (κ3) is 3.10. The fourth-order valence-electron chi connectivity index (χ4n) is 2.49. The van der Waals surface area contributed by atoms with Gasteiger partial charge in [-0.3, -0.25) is 4.79 Å². The van der Waals surface area contributed by atoms with Crippen LogP contribution in [0.3, 0.4) is 0 Å². The van der Waals surface area contributed by atoms with Crippen molar-refractivity contribution in [3.8, 4) is 5.75 Å². The number of rotatable bonds is 3. The van der Waals surface area contributed by atoms with E-state index in [1.807, 2.05) is 48.5 Å². The lowest BCUT2D eigenvalue weighted by Crippen LogP contribution is -2.32. The fourth-order valence-corrected chi connectivity index (χ4v) is 2.98. The molecule has 1 atom stereocenters. The molecule has 0 aliphatic carbocycles. The Morgan fingerprint density at radius 1 is 1.19 bits per heavy atom. The van der Waals surface area contributed by atoms with Crippen molar-refractivity contribution in [1.82, 2.24) is 0 Å². The lowest BCUT2D eigenvalue weighted by atomic mass is 9.96. The van der Waals surface area contributed by atoms with Crippen molar-refractivity contribution in [3.05, 3.63) is 59.7 Å². The molecule has 0 aromatic heterocycles. The van der Waals surface area contributed by atoms with Crippen LogP contribution in [0.4, 0.5) is 5.69 Å². The van der Waals surface area contributed by atoms with E-state index in [4.69, 9.17) is 4.74 Å². The molecule has 21 heavy (non-hydrogen) atoms. The van der Waals surface area contributed by atoms with E-state index < -0.39 is 0 Å². The summed E-state index contributed by atoms with van der Waals surface area (Å²) in [5, 5.41) is 3.73. The highest BCUT2D eigenvalue weighted by Crippen LogP contribution is 2.28. The highest BCUT2D eigenvalue weighted by Gasteiger charge is 2.26. The topological polar surface area (TPSA) is 38.3 Å². The first-order chi connectivity index (χ1) is 10.3. The number of fused-ring (bicyclic) bond motifs is 1. The molecule has 4 heteroatoms. The van der Waals surface area contributed by atoms with Crippen molar-refractivity contribution >= 4 is 27.5 Å². The number of para-hydroxylation sites is 2. The molecule has 1 N–H and O–H groups in total. The molecule has 108 valence electrons. The average molecular weight is 346 g/mol. The SMILES string of the molecule is O=C(Nc1ccccc1CBr)C1COc2ccccc2C1. The summed E-state index contributed by atoms with van der Waals surface area (Å²) in [6.45, 7) is 0.430. The Bertz CT molecular complexity index is 657. The number of nitrogens with one attached hydrogen (secondary N) is 1. The van der Waals surface area contributed by atoms with Gasteiger partial charge in [0, 0.05) is 11.0 Å². The van der Waals surface area contributed by atoms with Gasteiger partial charge in [0.05, 0.1) is 5.92 Å². The predicted molar refractivity (Wildman–Crippen MR) is 86.8 cm³/mol. The highest BCUT2D eigenvalue weighted by molar-refractivity contribution is 9.08. The van der Waals surface area contributed by atoms with Crippen molar-refractivity contribution in [2.75, 3.05) is 11.9 Å². The molecule has 0 spiro atoms. The molecule has 1 unspecified atom stereocenters. The summed E-state index contributed by atoms with van der Waals surface area (Å²) in [6.07, 6.45) is 0.721. The molecular weight excluding hydrogens is 330 g/mol. The first-order valence-electron chi connectivity index (χ1n) is 6.93. The lowest BCUT2D eigenvalue weighted by molar-refractivity contribution is -0.121. The van der Waals surface area contributed by atoms with Gasteiger partial charge in [0.1, 0.15) is 12.4 Å². The number of amides is 1. The van der Waals surface area contributed by atoms with Crippen LogP contribution in [0.2, 0.25) is 0 Å². The monoisotopic (exact) mass is 345 g/mol. The molecule has 0 fully saturated rings. The number of carbonyl (C=O) groups excluding carboxylic acids is 1. The molecular formula is C17H16BrNO2. The maximum Gasteiger partial charge on any atom is 0.231 e. The molecule has 1 heterocycles. The minimum absolute atomic E-state index is 0.0119. The van der Waals surface area contributed by atoms with Gasteiger partial charge in [-0.2, -0.15) is 0 Å². The van der Waals surface area contributed by atoms with E-state index in [0.717, 1.165) is 29.0 Å². The van der Waals surface area contributed by atoms with E-state index in [1.54, 1.807) is 0 Å². The van der Waals surface area contributed by atoms with Gasteiger partial charge >= 0.3 is 0 Å². The Balaban J connectivity index is 1.72. The Labute approximate surface area is 132 Å². The zero-order valence-corrected chi connectivity index (χ0v) is 13.1. The van der Waals surface area contributed by atoms with E-state index in [9.17, 15) is 4.79 Å². The van der Waals surface area contributed by atoms with Crippen LogP contribution in [0.25, 0.3) is 0 Å². The molecule has 1 amide bonds. The van der Waals surface area contributed by atoms with Crippen LogP contribution in [-0.4, -0.2) is 12.5 Å². The third-order valence-electron chi connectivity index (χ3n) is 3.67. The first kappa shape index (κ1) is 14.1. The second kappa shape index (κ2) is 6.31. The van der Waals surface area contributed by atoms with Gasteiger partial charge in [0.25, 0.3) is 0 Å². The summed E-state index contributed by atoms with van der Waals surface area (Å²) in [6, 6.07) is 15.7. The minimum atomic E-state index is -0.150. The molecule has 0 radical (unpaired) electrons. The van der Waals surface area contributed by atoms with Gasteiger partial charge in [-0.05, 0) is 29.7 Å². The summed E-state index contributed by atoms with van der Waals surface area (Å²) in [5.74, 6) is 0.753. The van der Waals surface area contributed by atoms with Crippen molar-refractivity contribution in [2.45, 2.75) is 11.8 Å². The highest BCUT2D eigenvalue weighted by atomic mass is 79.9. The van der Waals surface area contributed by atoms with Crippen LogP contribution in [0.1, 0.15) is 11.1 Å². The second-order valence-electron chi connectivity index (χ2n) is 5.10. The van der Waals surface area contributed by atoms with Gasteiger partial charge in [-0.25, -0.2) is 0 Å². The minimum Gasteiger partial charge on any atom is -0.492 e. The second-order valence-corrected chi connectivity index (χ2v) is 5.66. The quantitative estimate of drug-likeness (QED) is 0.860.